The van der Waals surface area contributed by atoms with E-state index in [0.717, 1.165) is 19.3 Å². The minimum absolute atomic E-state index is 0.00448. The predicted molar refractivity (Wildman–Crippen MR) is 95.4 cm³/mol. The van der Waals surface area contributed by atoms with Crippen LogP contribution in [0, 0.1) is 5.92 Å². The van der Waals surface area contributed by atoms with Crippen LogP contribution in [-0.2, 0) is 9.59 Å². The molecule has 1 aliphatic heterocycles. The van der Waals surface area contributed by atoms with Gasteiger partial charge in [-0.3, -0.25) is 9.59 Å². The highest BCUT2D eigenvalue weighted by Crippen LogP contribution is 2.27. The maximum absolute atomic E-state index is 12.4. The van der Waals surface area contributed by atoms with E-state index in [1.165, 1.54) is 0 Å². The Kier molecular flexibility index (Phi) is 5.21. The number of hydrogen-bond acceptors (Lipinski definition) is 3. The maximum atomic E-state index is 12.4. The van der Waals surface area contributed by atoms with E-state index in [-0.39, 0.29) is 23.8 Å². The van der Waals surface area contributed by atoms with Crippen molar-refractivity contribution in [3.8, 4) is 0 Å². The van der Waals surface area contributed by atoms with E-state index in [1.807, 2.05) is 0 Å². The number of nitrogens with one attached hydrogen (secondary N) is 2. The molecule has 130 valence electrons. The van der Waals surface area contributed by atoms with Crippen LogP contribution in [0.3, 0.4) is 0 Å². The van der Waals surface area contributed by atoms with Crippen LogP contribution in [0.2, 0.25) is 10.0 Å². The Morgan fingerprint density at radius 3 is 2.54 bits per heavy atom. The predicted octanol–water partition coefficient (Wildman–Crippen LogP) is 2.92. The average Bonchev–Trinajstić information content (AvgIpc) is 2.42. The minimum Gasteiger partial charge on any atom is -0.373 e. The number of amides is 2. The highest BCUT2D eigenvalue weighted by molar-refractivity contribution is 6.36. The lowest BCUT2D eigenvalue weighted by atomic mass is 9.84. The second-order valence-corrected chi connectivity index (χ2v) is 7.41. The fraction of sp³-hybridized carbons (Fsp3) is 0.529. The van der Waals surface area contributed by atoms with Gasteiger partial charge in [-0.25, -0.2) is 0 Å². The molecule has 0 unspecified atom stereocenters. The molecule has 1 aliphatic carbocycles. The number of nitrogens with zero attached hydrogens (tertiary/aromatic N) is 1. The lowest BCUT2D eigenvalue weighted by molar-refractivity contribution is -0.139. The molecule has 2 N–H and O–H groups in total. The molecule has 0 aromatic heterocycles. The van der Waals surface area contributed by atoms with Crippen molar-refractivity contribution >= 4 is 40.7 Å². The Hall–Kier alpha value is -1.46. The topological polar surface area (TPSA) is 61.4 Å². The first kappa shape index (κ1) is 17.4. The van der Waals surface area contributed by atoms with Crippen molar-refractivity contribution in [1.29, 1.82) is 0 Å². The fourth-order valence-electron chi connectivity index (χ4n) is 2.91. The van der Waals surface area contributed by atoms with Gasteiger partial charge in [-0.15, -0.1) is 0 Å². The summed E-state index contributed by atoms with van der Waals surface area (Å²) in [7, 11) is 0. The van der Waals surface area contributed by atoms with Crippen LogP contribution in [0.15, 0.2) is 18.2 Å². The molecule has 1 heterocycles. The Morgan fingerprint density at radius 2 is 1.96 bits per heavy atom. The van der Waals surface area contributed by atoms with Crippen LogP contribution in [0.4, 0.5) is 5.69 Å². The molecular formula is C17H21Cl2N3O2. The van der Waals surface area contributed by atoms with Gasteiger partial charge in [0.05, 0.1) is 16.8 Å². The smallest absolute Gasteiger partial charge is 0.244 e. The first-order chi connectivity index (χ1) is 11.4. The number of hydrogen-bond donors (Lipinski definition) is 2. The summed E-state index contributed by atoms with van der Waals surface area (Å²) in [6.07, 6.45) is 3.12. The fourth-order valence-corrected chi connectivity index (χ4v) is 3.38. The summed E-state index contributed by atoms with van der Waals surface area (Å²) in [6.45, 7) is 2.93. The zero-order chi connectivity index (χ0) is 17.3. The summed E-state index contributed by atoms with van der Waals surface area (Å²) < 4.78 is 0. The zero-order valence-electron chi connectivity index (χ0n) is 13.5. The van der Waals surface area contributed by atoms with Crippen molar-refractivity contribution in [2.75, 3.05) is 18.4 Å². The van der Waals surface area contributed by atoms with Crippen molar-refractivity contribution in [3.05, 3.63) is 28.2 Å². The third-order valence-corrected chi connectivity index (χ3v) is 5.24. The van der Waals surface area contributed by atoms with Crippen LogP contribution >= 0.6 is 23.2 Å². The van der Waals surface area contributed by atoms with E-state index in [2.05, 4.69) is 10.6 Å². The summed E-state index contributed by atoms with van der Waals surface area (Å²) in [5.41, 5.74) is 0.678. The van der Waals surface area contributed by atoms with Crippen LogP contribution < -0.4 is 10.6 Å². The average molecular weight is 370 g/mol. The Balaban J connectivity index is 1.46. The second-order valence-electron chi connectivity index (χ2n) is 6.57. The van der Waals surface area contributed by atoms with Gasteiger partial charge in [0.1, 0.15) is 6.04 Å². The van der Waals surface area contributed by atoms with E-state index in [9.17, 15) is 9.59 Å². The first-order valence-electron chi connectivity index (χ1n) is 8.25. The van der Waals surface area contributed by atoms with Gasteiger partial charge >= 0.3 is 0 Å². The molecule has 2 fully saturated rings. The number of carbonyl (C=O) groups excluding carboxylic acids is 2. The van der Waals surface area contributed by atoms with Gasteiger partial charge in [-0.2, -0.15) is 0 Å². The number of benzene rings is 1. The summed E-state index contributed by atoms with van der Waals surface area (Å²) in [6, 6.07) is 4.80. The molecule has 2 aliphatic rings. The maximum Gasteiger partial charge on any atom is 0.244 e. The molecule has 1 atom stereocenters. The number of likely N-dealkylation sites (tertiary alicyclic amines) is 1. The van der Waals surface area contributed by atoms with Gasteiger partial charge in [0, 0.05) is 24.0 Å². The van der Waals surface area contributed by atoms with Gasteiger partial charge in [0.25, 0.3) is 0 Å². The van der Waals surface area contributed by atoms with E-state index < -0.39 is 6.04 Å². The minimum atomic E-state index is -0.396. The lowest BCUT2D eigenvalue weighted by Crippen LogP contribution is -2.63. The molecule has 0 spiro atoms. The Labute approximate surface area is 151 Å². The molecule has 5 nitrogen and oxygen atoms in total. The van der Waals surface area contributed by atoms with Crippen LogP contribution in [0.25, 0.3) is 0 Å². The zero-order valence-corrected chi connectivity index (χ0v) is 15.0. The van der Waals surface area contributed by atoms with Gasteiger partial charge in [0.2, 0.25) is 11.8 Å². The molecule has 7 heteroatoms. The largest absolute Gasteiger partial charge is 0.373 e. The van der Waals surface area contributed by atoms with E-state index >= 15 is 0 Å². The van der Waals surface area contributed by atoms with Gasteiger partial charge in [0.15, 0.2) is 0 Å². The normalized spacial score (nSPS) is 19.2. The standard InChI is InChI=1S/C17H21Cl2N3O2/c1-10(20-15-6-5-12(18)7-14(15)19)17(24)22-8-13(9-22)21-16(23)11-3-2-4-11/h5-7,10-11,13,20H,2-4,8-9H2,1H3,(H,21,23)/t10-/m1/s1. The molecule has 1 saturated heterocycles. The highest BCUT2D eigenvalue weighted by Gasteiger charge is 2.36. The quantitative estimate of drug-likeness (QED) is 0.838. The molecule has 2 amide bonds. The number of halogens is 2. The van der Waals surface area contributed by atoms with Crippen molar-refractivity contribution in [1.82, 2.24) is 10.2 Å². The number of carbonyl (C=O) groups is 2. The van der Waals surface area contributed by atoms with E-state index in [1.54, 1.807) is 30.0 Å². The van der Waals surface area contributed by atoms with Crippen molar-refractivity contribution in [3.63, 3.8) is 0 Å². The number of anilines is 1. The third-order valence-electron chi connectivity index (χ3n) is 4.69. The molecule has 24 heavy (non-hydrogen) atoms. The van der Waals surface area contributed by atoms with Crippen molar-refractivity contribution in [2.45, 2.75) is 38.3 Å². The molecule has 1 saturated carbocycles. The van der Waals surface area contributed by atoms with Gasteiger partial charge in [-0.1, -0.05) is 29.6 Å². The van der Waals surface area contributed by atoms with Gasteiger partial charge in [-0.05, 0) is 38.0 Å². The van der Waals surface area contributed by atoms with Crippen molar-refractivity contribution in [2.24, 2.45) is 5.92 Å². The Morgan fingerprint density at radius 1 is 1.25 bits per heavy atom. The summed E-state index contributed by atoms with van der Waals surface area (Å²) in [5.74, 6) is 0.315. The lowest BCUT2D eigenvalue weighted by Gasteiger charge is -2.42. The van der Waals surface area contributed by atoms with E-state index in [4.69, 9.17) is 23.2 Å². The second kappa shape index (κ2) is 7.19. The molecule has 0 radical (unpaired) electrons. The highest BCUT2D eigenvalue weighted by atomic mass is 35.5. The van der Waals surface area contributed by atoms with Gasteiger partial charge < -0.3 is 15.5 Å². The first-order valence-corrected chi connectivity index (χ1v) is 9.00. The van der Waals surface area contributed by atoms with Crippen molar-refractivity contribution < 1.29 is 9.59 Å². The molecular weight excluding hydrogens is 349 g/mol. The summed E-state index contributed by atoms with van der Waals surface area (Å²) in [5, 5.41) is 7.16. The molecule has 1 aromatic rings. The van der Waals surface area contributed by atoms with Crippen LogP contribution in [0.1, 0.15) is 26.2 Å². The summed E-state index contributed by atoms with van der Waals surface area (Å²) in [4.78, 5) is 26.1. The SMILES string of the molecule is C[C@@H](Nc1ccc(Cl)cc1Cl)C(=O)N1CC(NC(=O)C2CCC2)C1. The monoisotopic (exact) mass is 369 g/mol. The van der Waals surface area contributed by atoms with Crippen LogP contribution in [0.5, 0.6) is 0 Å². The third kappa shape index (κ3) is 3.78. The van der Waals surface area contributed by atoms with Crippen LogP contribution in [-0.4, -0.2) is 41.9 Å². The van der Waals surface area contributed by atoms with E-state index in [0.29, 0.717) is 28.8 Å². The summed E-state index contributed by atoms with van der Waals surface area (Å²) >= 11 is 12.0. The molecule has 3 rings (SSSR count). The Bertz CT molecular complexity index is 643. The molecule has 0 bridgehead atoms. The number of rotatable bonds is 5. The molecule has 1 aromatic carbocycles.